The Morgan fingerprint density at radius 3 is 2.78 bits per heavy atom. The minimum Gasteiger partial charge on any atom is -0.504 e. The van der Waals surface area contributed by atoms with Crippen molar-refractivity contribution in [2.75, 3.05) is 14.2 Å². The minimum atomic E-state index is -0.160. The molecule has 0 radical (unpaired) electrons. The smallest absolute Gasteiger partial charge is 0.265 e. The van der Waals surface area contributed by atoms with E-state index in [1.165, 1.54) is 23.8 Å². The predicted molar refractivity (Wildman–Crippen MR) is 75.6 cm³/mol. The summed E-state index contributed by atoms with van der Waals surface area (Å²) in [4.78, 5) is 13.7. The van der Waals surface area contributed by atoms with Crippen molar-refractivity contribution in [1.29, 1.82) is 0 Å². The maximum absolute atomic E-state index is 11.8. The molecule has 0 bridgehead atoms. The van der Waals surface area contributed by atoms with Crippen molar-refractivity contribution in [3.05, 3.63) is 28.7 Å². The van der Waals surface area contributed by atoms with Crippen molar-refractivity contribution in [2.45, 2.75) is 0 Å². The fraction of sp³-hybridized carbons (Fsp3) is 0.167. The number of phenols is 1. The number of para-hydroxylation sites is 1. The van der Waals surface area contributed by atoms with Crippen LogP contribution in [-0.2, 0) is 4.79 Å². The van der Waals surface area contributed by atoms with Gasteiger partial charge in [0.2, 0.25) is 0 Å². The van der Waals surface area contributed by atoms with E-state index in [0.29, 0.717) is 20.5 Å². The molecule has 0 unspecified atom stereocenters. The van der Waals surface area contributed by atoms with Gasteiger partial charge in [0.05, 0.1) is 12.0 Å². The normalized spacial score (nSPS) is 17.7. The Hall–Kier alpha value is -1.53. The van der Waals surface area contributed by atoms with Crippen LogP contribution in [0, 0.1) is 0 Å². The molecule has 1 heterocycles. The Morgan fingerprint density at radius 1 is 1.50 bits per heavy atom. The molecular weight excluding hydrogens is 270 g/mol. The van der Waals surface area contributed by atoms with Crippen molar-refractivity contribution < 1.29 is 14.6 Å². The van der Waals surface area contributed by atoms with Gasteiger partial charge in [0.1, 0.15) is 4.32 Å². The lowest BCUT2D eigenvalue weighted by atomic mass is 10.1. The molecule has 4 nitrogen and oxygen atoms in total. The monoisotopic (exact) mass is 281 g/mol. The van der Waals surface area contributed by atoms with Crippen molar-refractivity contribution in [3.63, 3.8) is 0 Å². The summed E-state index contributed by atoms with van der Waals surface area (Å²) in [5.41, 5.74) is 0.531. The second-order valence-corrected chi connectivity index (χ2v) is 5.31. The van der Waals surface area contributed by atoms with Gasteiger partial charge in [-0.25, -0.2) is 0 Å². The van der Waals surface area contributed by atoms with Crippen LogP contribution in [0.3, 0.4) is 0 Å². The molecule has 0 aliphatic carbocycles. The third kappa shape index (κ3) is 2.21. The first-order chi connectivity index (χ1) is 8.54. The Balaban J connectivity index is 2.40. The Kier molecular flexibility index (Phi) is 3.58. The number of rotatable bonds is 2. The molecule has 0 atom stereocenters. The number of amides is 1. The van der Waals surface area contributed by atoms with Crippen LogP contribution in [0.5, 0.6) is 11.5 Å². The maximum Gasteiger partial charge on any atom is 0.265 e. The number of ether oxygens (including phenoxy) is 1. The summed E-state index contributed by atoms with van der Waals surface area (Å²) in [7, 11) is 3.11. The maximum atomic E-state index is 11.8. The Labute approximate surface area is 114 Å². The van der Waals surface area contributed by atoms with Gasteiger partial charge in [0, 0.05) is 12.6 Å². The number of hydrogen-bond donors (Lipinski definition) is 1. The number of benzene rings is 1. The molecule has 2 rings (SSSR count). The van der Waals surface area contributed by atoms with Crippen LogP contribution >= 0.6 is 24.0 Å². The van der Waals surface area contributed by atoms with Gasteiger partial charge in [-0.3, -0.25) is 9.69 Å². The number of likely N-dealkylation sites (N-methyl/N-ethyl adjacent to an activating group) is 1. The molecule has 0 aromatic heterocycles. The zero-order valence-corrected chi connectivity index (χ0v) is 11.5. The number of thioether (sulfide) groups is 1. The van der Waals surface area contributed by atoms with E-state index < -0.39 is 0 Å². The third-order valence-corrected chi connectivity index (χ3v) is 4.01. The van der Waals surface area contributed by atoms with Crippen LogP contribution in [0.4, 0.5) is 0 Å². The lowest BCUT2D eigenvalue weighted by Crippen LogP contribution is -2.22. The first kappa shape index (κ1) is 12.9. The highest BCUT2D eigenvalue weighted by Crippen LogP contribution is 2.35. The van der Waals surface area contributed by atoms with E-state index in [4.69, 9.17) is 17.0 Å². The van der Waals surface area contributed by atoms with Gasteiger partial charge in [-0.1, -0.05) is 36.1 Å². The summed E-state index contributed by atoms with van der Waals surface area (Å²) >= 11 is 6.25. The molecule has 1 saturated heterocycles. The molecular formula is C12H11NO3S2. The van der Waals surface area contributed by atoms with Gasteiger partial charge in [-0.2, -0.15) is 0 Å². The van der Waals surface area contributed by atoms with Crippen molar-refractivity contribution in [1.82, 2.24) is 4.90 Å². The standard InChI is InChI=1S/C12H11NO3S2/c1-13-11(15)9(18-12(13)17)6-7-4-3-5-8(16-2)10(7)14/h3-6,14H,1-2H3/b9-6-. The number of methoxy groups -OCH3 is 1. The molecule has 1 aliphatic heterocycles. The van der Waals surface area contributed by atoms with Crippen molar-refractivity contribution in [3.8, 4) is 11.5 Å². The molecule has 18 heavy (non-hydrogen) atoms. The Morgan fingerprint density at radius 2 is 2.22 bits per heavy atom. The summed E-state index contributed by atoms with van der Waals surface area (Å²) in [5, 5.41) is 9.93. The molecule has 1 amide bonds. The van der Waals surface area contributed by atoms with Gasteiger partial charge < -0.3 is 9.84 Å². The predicted octanol–water partition coefficient (Wildman–Crippen LogP) is 2.23. The second kappa shape index (κ2) is 4.99. The number of hydrogen-bond acceptors (Lipinski definition) is 5. The molecule has 1 aliphatic rings. The molecule has 0 spiro atoms. The molecule has 1 aromatic rings. The van der Waals surface area contributed by atoms with Crippen LogP contribution in [0.15, 0.2) is 23.1 Å². The van der Waals surface area contributed by atoms with E-state index in [-0.39, 0.29) is 11.7 Å². The van der Waals surface area contributed by atoms with Crippen LogP contribution in [0.1, 0.15) is 5.56 Å². The van der Waals surface area contributed by atoms with Gasteiger partial charge in [0.25, 0.3) is 5.91 Å². The summed E-state index contributed by atoms with van der Waals surface area (Å²) in [6.45, 7) is 0. The second-order valence-electron chi connectivity index (χ2n) is 3.64. The Bertz CT molecular complexity index is 554. The van der Waals surface area contributed by atoms with E-state index in [0.717, 1.165) is 0 Å². The first-order valence-electron chi connectivity index (χ1n) is 5.12. The number of thiocarbonyl (C=S) groups is 1. The number of aromatic hydroxyl groups is 1. The summed E-state index contributed by atoms with van der Waals surface area (Å²) in [6, 6.07) is 5.11. The summed E-state index contributed by atoms with van der Waals surface area (Å²) in [5.74, 6) is 0.226. The average Bonchev–Trinajstić information content (AvgIpc) is 2.60. The lowest BCUT2D eigenvalue weighted by molar-refractivity contribution is -0.121. The highest BCUT2D eigenvalue weighted by Gasteiger charge is 2.28. The largest absolute Gasteiger partial charge is 0.504 e. The number of nitrogens with zero attached hydrogens (tertiary/aromatic N) is 1. The topological polar surface area (TPSA) is 49.8 Å². The molecule has 0 saturated carbocycles. The highest BCUT2D eigenvalue weighted by molar-refractivity contribution is 8.26. The number of phenolic OH excluding ortho intramolecular Hbond substituents is 1. The van der Waals surface area contributed by atoms with Crippen molar-refractivity contribution in [2.24, 2.45) is 0 Å². The van der Waals surface area contributed by atoms with Gasteiger partial charge in [-0.05, 0) is 12.1 Å². The fourth-order valence-electron chi connectivity index (χ4n) is 1.51. The van der Waals surface area contributed by atoms with Crippen LogP contribution < -0.4 is 4.74 Å². The van der Waals surface area contributed by atoms with Gasteiger partial charge >= 0.3 is 0 Å². The average molecular weight is 281 g/mol. The molecule has 1 aromatic carbocycles. The van der Waals surface area contributed by atoms with Gasteiger partial charge in [-0.15, -0.1) is 0 Å². The minimum absolute atomic E-state index is 0.0152. The third-order valence-electron chi connectivity index (χ3n) is 2.52. The fourth-order valence-corrected chi connectivity index (χ4v) is 2.68. The highest BCUT2D eigenvalue weighted by atomic mass is 32.2. The number of carbonyl (C=O) groups is 1. The lowest BCUT2D eigenvalue weighted by Gasteiger charge is -2.06. The molecule has 6 heteroatoms. The van der Waals surface area contributed by atoms with Crippen LogP contribution in [0.2, 0.25) is 0 Å². The molecule has 1 fully saturated rings. The van der Waals surface area contributed by atoms with Crippen molar-refractivity contribution >= 4 is 40.3 Å². The van der Waals surface area contributed by atoms with Crippen LogP contribution in [0.25, 0.3) is 6.08 Å². The van der Waals surface area contributed by atoms with E-state index in [2.05, 4.69) is 0 Å². The SMILES string of the molecule is COc1cccc(/C=C2\SC(=S)N(C)C2=O)c1O. The summed E-state index contributed by atoms with van der Waals surface area (Å²) in [6.07, 6.45) is 1.61. The van der Waals surface area contributed by atoms with E-state index in [9.17, 15) is 9.90 Å². The molecule has 1 N–H and O–H groups in total. The van der Waals surface area contributed by atoms with E-state index in [1.807, 2.05) is 0 Å². The summed E-state index contributed by atoms with van der Waals surface area (Å²) < 4.78 is 5.52. The quantitative estimate of drug-likeness (QED) is 0.665. The number of carbonyl (C=O) groups excluding carboxylic acids is 1. The zero-order valence-electron chi connectivity index (χ0n) is 9.84. The van der Waals surface area contributed by atoms with E-state index in [1.54, 1.807) is 31.3 Å². The van der Waals surface area contributed by atoms with Crippen LogP contribution in [-0.4, -0.2) is 34.4 Å². The zero-order chi connectivity index (χ0) is 13.3. The first-order valence-corrected chi connectivity index (χ1v) is 6.34. The molecule has 94 valence electrons. The van der Waals surface area contributed by atoms with E-state index >= 15 is 0 Å². The van der Waals surface area contributed by atoms with Gasteiger partial charge in [0.15, 0.2) is 11.5 Å².